The van der Waals surface area contributed by atoms with Crippen LogP contribution in [0.25, 0.3) is 0 Å². The van der Waals surface area contributed by atoms with Crippen molar-refractivity contribution in [2.45, 2.75) is 39.2 Å². The van der Waals surface area contributed by atoms with Crippen molar-refractivity contribution < 1.29 is 14.3 Å². The first-order valence-corrected chi connectivity index (χ1v) is 6.56. The summed E-state index contributed by atoms with van der Waals surface area (Å²) in [6.45, 7) is 7.96. The van der Waals surface area contributed by atoms with E-state index in [4.69, 9.17) is 15.2 Å². The van der Waals surface area contributed by atoms with Gasteiger partial charge in [0.2, 0.25) is 0 Å². The first-order chi connectivity index (χ1) is 8.88. The highest BCUT2D eigenvalue weighted by Gasteiger charge is 2.31. The molecule has 0 amide bonds. The Morgan fingerprint density at radius 3 is 2.58 bits per heavy atom. The van der Waals surface area contributed by atoms with Crippen molar-refractivity contribution in [3.63, 3.8) is 0 Å². The van der Waals surface area contributed by atoms with Crippen LogP contribution in [0.15, 0.2) is 24.3 Å². The van der Waals surface area contributed by atoms with Gasteiger partial charge in [-0.2, -0.15) is 0 Å². The van der Waals surface area contributed by atoms with Crippen LogP contribution in [0.3, 0.4) is 0 Å². The van der Waals surface area contributed by atoms with Gasteiger partial charge in [-0.3, -0.25) is 0 Å². The molecule has 4 heteroatoms. The molecule has 2 N–H and O–H groups in total. The lowest BCUT2D eigenvalue weighted by Gasteiger charge is -2.23. The van der Waals surface area contributed by atoms with E-state index in [2.05, 4.69) is 13.8 Å². The third-order valence-electron chi connectivity index (χ3n) is 2.81. The molecule has 19 heavy (non-hydrogen) atoms. The lowest BCUT2D eigenvalue weighted by atomic mass is 10.0. The molecule has 0 aliphatic rings. The SMILES string of the molecule is CCOC(=O)C(C)(N)COc1ccccc1C(C)C. The molecule has 0 spiro atoms. The number of hydrogen-bond acceptors (Lipinski definition) is 4. The molecule has 0 radical (unpaired) electrons. The smallest absolute Gasteiger partial charge is 0.329 e. The van der Waals surface area contributed by atoms with Gasteiger partial charge in [0.1, 0.15) is 17.9 Å². The van der Waals surface area contributed by atoms with Crippen molar-refractivity contribution in [2.75, 3.05) is 13.2 Å². The highest BCUT2D eigenvalue weighted by atomic mass is 16.5. The molecule has 0 aliphatic carbocycles. The second kappa shape index (κ2) is 6.57. The Morgan fingerprint density at radius 1 is 1.37 bits per heavy atom. The number of para-hydroxylation sites is 1. The molecule has 1 atom stereocenters. The molecular formula is C15H23NO3. The van der Waals surface area contributed by atoms with E-state index in [9.17, 15) is 4.79 Å². The van der Waals surface area contributed by atoms with Gasteiger partial charge in [-0.05, 0) is 31.4 Å². The van der Waals surface area contributed by atoms with Crippen molar-refractivity contribution in [3.8, 4) is 5.75 Å². The van der Waals surface area contributed by atoms with Gasteiger partial charge in [0.05, 0.1) is 6.61 Å². The number of benzene rings is 1. The Labute approximate surface area is 114 Å². The van der Waals surface area contributed by atoms with E-state index in [1.165, 1.54) is 0 Å². The molecular weight excluding hydrogens is 242 g/mol. The third-order valence-corrected chi connectivity index (χ3v) is 2.81. The average molecular weight is 265 g/mol. The zero-order valence-electron chi connectivity index (χ0n) is 12.1. The van der Waals surface area contributed by atoms with Gasteiger partial charge < -0.3 is 15.2 Å². The molecule has 0 bridgehead atoms. The van der Waals surface area contributed by atoms with E-state index in [1.54, 1.807) is 13.8 Å². The zero-order valence-corrected chi connectivity index (χ0v) is 12.1. The molecule has 0 saturated heterocycles. The fourth-order valence-electron chi connectivity index (χ4n) is 1.67. The van der Waals surface area contributed by atoms with Crippen LogP contribution in [-0.2, 0) is 9.53 Å². The van der Waals surface area contributed by atoms with Crippen LogP contribution in [0.5, 0.6) is 5.75 Å². The lowest BCUT2D eigenvalue weighted by molar-refractivity contribution is -0.150. The van der Waals surface area contributed by atoms with Crippen LogP contribution in [0.2, 0.25) is 0 Å². The summed E-state index contributed by atoms with van der Waals surface area (Å²) in [4.78, 5) is 11.7. The normalized spacial score (nSPS) is 14.0. The second-order valence-electron chi connectivity index (χ2n) is 5.12. The van der Waals surface area contributed by atoms with Crippen molar-refractivity contribution in [1.29, 1.82) is 0 Å². The maximum atomic E-state index is 11.7. The maximum Gasteiger partial charge on any atom is 0.329 e. The highest BCUT2D eigenvalue weighted by molar-refractivity contribution is 5.80. The van der Waals surface area contributed by atoms with E-state index in [0.717, 1.165) is 11.3 Å². The predicted molar refractivity (Wildman–Crippen MR) is 75.3 cm³/mol. The molecule has 4 nitrogen and oxygen atoms in total. The van der Waals surface area contributed by atoms with Gasteiger partial charge in [0, 0.05) is 0 Å². The van der Waals surface area contributed by atoms with E-state index >= 15 is 0 Å². The maximum absolute atomic E-state index is 11.7. The highest BCUT2D eigenvalue weighted by Crippen LogP contribution is 2.26. The fraction of sp³-hybridized carbons (Fsp3) is 0.533. The summed E-state index contributed by atoms with van der Waals surface area (Å²) in [5.74, 6) is 0.665. The third kappa shape index (κ3) is 4.24. The van der Waals surface area contributed by atoms with Crippen molar-refractivity contribution in [3.05, 3.63) is 29.8 Å². The molecule has 1 rings (SSSR count). The van der Waals surface area contributed by atoms with Gasteiger partial charge in [0.15, 0.2) is 0 Å². The Hall–Kier alpha value is -1.55. The zero-order chi connectivity index (χ0) is 14.5. The number of carbonyl (C=O) groups is 1. The molecule has 106 valence electrons. The Bertz CT molecular complexity index is 427. The van der Waals surface area contributed by atoms with Crippen molar-refractivity contribution in [2.24, 2.45) is 5.73 Å². The number of hydrogen-bond donors (Lipinski definition) is 1. The Morgan fingerprint density at radius 2 is 2.00 bits per heavy atom. The van der Waals surface area contributed by atoms with Gasteiger partial charge in [-0.15, -0.1) is 0 Å². The molecule has 1 unspecified atom stereocenters. The summed E-state index contributed by atoms with van der Waals surface area (Å²) in [7, 11) is 0. The van der Waals surface area contributed by atoms with E-state index in [-0.39, 0.29) is 6.61 Å². The van der Waals surface area contributed by atoms with Crippen molar-refractivity contribution >= 4 is 5.97 Å². The minimum atomic E-state index is -1.14. The first kappa shape index (κ1) is 15.5. The summed E-state index contributed by atoms with van der Waals surface area (Å²) in [5, 5.41) is 0. The molecule has 0 saturated carbocycles. The predicted octanol–water partition coefficient (Wildman–Crippen LogP) is 2.47. The summed E-state index contributed by atoms with van der Waals surface area (Å²) >= 11 is 0. The van der Waals surface area contributed by atoms with Crippen molar-refractivity contribution in [1.82, 2.24) is 0 Å². The van der Waals surface area contributed by atoms with Gasteiger partial charge in [0.25, 0.3) is 0 Å². The van der Waals surface area contributed by atoms with E-state index < -0.39 is 11.5 Å². The topological polar surface area (TPSA) is 61.5 Å². The van der Waals surface area contributed by atoms with Crippen LogP contribution in [-0.4, -0.2) is 24.7 Å². The standard InChI is InChI=1S/C15H23NO3/c1-5-18-14(17)15(4,16)10-19-13-9-7-6-8-12(13)11(2)3/h6-9,11H,5,10,16H2,1-4H3. The Kier molecular flexibility index (Phi) is 5.36. The number of ether oxygens (including phenoxy) is 2. The summed E-state index contributed by atoms with van der Waals surface area (Å²) in [6.07, 6.45) is 0. The minimum absolute atomic E-state index is 0.0928. The van der Waals surface area contributed by atoms with Crippen LogP contribution in [0.1, 0.15) is 39.2 Å². The van der Waals surface area contributed by atoms with Gasteiger partial charge in [-0.1, -0.05) is 32.0 Å². The summed E-state index contributed by atoms with van der Waals surface area (Å²) in [5.41, 5.74) is 5.88. The van der Waals surface area contributed by atoms with Crippen LogP contribution >= 0.6 is 0 Å². The lowest BCUT2D eigenvalue weighted by Crippen LogP contribution is -2.51. The minimum Gasteiger partial charge on any atom is -0.491 e. The monoisotopic (exact) mass is 265 g/mol. The first-order valence-electron chi connectivity index (χ1n) is 6.56. The molecule has 1 aromatic carbocycles. The number of esters is 1. The van der Waals surface area contributed by atoms with Gasteiger partial charge >= 0.3 is 5.97 Å². The summed E-state index contributed by atoms with van der Waals surface area (Å²) in [6, 6.07) is 7.77. The van der Waals surface area contributed by atoms with Crippen LogP contribution < -0.4 is 10.5 Å². The number of carbonyl (C=O) groups excluding carboxylic acids is 1. The van der Waals surface area contributed by atoms with E-state index in [0.29, 0.717) is 12.5 Å². The molecule has 0 fully saturated rings. The largest absolute Gasteiger partial charge is 0.491 e. The number of rotatable bonds is 6. The van der Waals surface area contributed by atoms with Crippen LogP contribution in [0, 0.1) is 0 Å². The van der Waals surface area contributed by atoms with Crippen LogP contribution in [0.4, 0.5) is 0 Å². The van der Waals surface area contributed by atoms with Gasteiger partial charge in [-0.25, -0.2) is 4.79 Å². The fourth-order valence-corrected chi connectivity index (χ4v) is 1.67. The number of nitrogens with two attached hydrogens (primary N) is 1. The quantitative estimate of drug-likeness (QED) is 0.803. The average Bonchev–Trinajstić information content (AvgIpc) is 2.37. The Balaban J connectivity index is 2.74. The molecule has 1 aromatic rings. The second-order valence-corrected chi connectivity index (χ2v) is 5.12. The summed E-state index contributed by atoms with van der Waals surface area (Å²) < 4.78 is 10.6. The molecule has 0 heterocycles. The van der Waals surface area contributed by atoms with E-state index in [1.807, 2.05) is 24.3 Å². The molecule has 0 aromatic heterocycles. The molecule has 0 aliphatic heterocycles.